The van der Waals surface area contributed by atoms with E-state index in [0.29, 0.717) is 0 Å². The van der Waals surface area contributed by atoms with Crippen LogP contribution in [0, 0.1) is 5.92 Å². The molecule has 1 aliphatic heterocycles. The molecule has 0 spiro atoms. The first-order chi connectivity index (χ1) is 7.78. The van der Waals surface area contributed by atoms with Gasteiger partial charge in [0.1, 0.15) is 0 Å². The zero-order valence-electron chi connectivity index (χ0n) is 9.82. The molecule has 2 rings (SSSR count). The summed E-state index contributed by atoms with van der Waals surface area (Å²) >= 11 is 3.47. The minimum atomic E-state index is 0.897. The van der Waals surface area contributed by atoms with E-state index in [4.69, 9.17) is 0 Å². The normalized spacial score (nSPS) is 22.2. The highest BCUT2D eigenvalue weighted by Gasteiger charge is 2.18. The molecule has 0 N–H and O–H groups in total. The second kappa shape index (κ2) is 5.78. The number of hydrogen-bond acceptors (Lipinski definition) is 2. The Bertz CT molecular complexity index is 340. The Morgan fingerprint density at radius 2 is 2.38 bits per heavy atom. The van der Waals surface area contributed by atoms with Crippen LogP contribution in [-0.2, 0) is 6.54 Å². The van der Waals surface area contributed by atoms with Crippen LogP contribution in [0.1, 0.15) is 31.7 Å². The number of nitrogens with zero attached hydrogens (tertiary/aromatic N) is 2. The topological polar surface area (TPSA) is 16.1 Å². The third kappa shape index (κ3) is 3.29. The molecule has 0 aliphatic carbocycles. The maximum Gasteiger partial charge on any atom is 0.0410 e. The smallest absolute Gasteiger partial charge is 0.0410 e. The maximum absolute atomic E-state index is 4.22. The standard InChI is InChI=1S/C13H19BrN2/c1-2-11-4-3-5-16(9-11)10-12-6-13(14)8-15-7-12/h6-8,11H,2-5,9-10H2,1H3. The van der Waals surface area contributed by atoms with Crippen LogP contribution in [0.5, 0.6) is 0 Å². The molecule has 0 radical (unpaired) electrons. The number of likely N-dealkylation sites (tertiary alicyclic amines) is 1. The van der Waals surface area contributed by atoms with E-state index in [1.54, 1.807) is 0 Å². The lowest BCUT2D eigenvalue weighted by molar-refractivity contribution is 0.164. The Kier molecular flexibility index (Phi) is 4.36. The summed E-state index contributed by atoms with van der Waals surface area (Å²) in [5.41, 5.74) is 1.31. The van der Waals surface area contributed by atoms with Gasteiger partial charge in [0.05, 0.1) is 0 Å². The van der Waals surface area contributed by atoms with Gasteiger partial charge in [-0.3, -0.25) is 9.88 Å². The Morgan fingerprint density at radius 3 is 3.12 bits per heavy atom. The van der Waals surface area contributed by atoms with E-state index in [1.165, 1.54) is 37.9 Å². The van der Waals surface area contributed by atoms with E-state index in [2.05, 4.69) is 38.8 Å². The van der Waals surface area contributed by atoms with Gasteiger partial charge in [-0.1, -0.05) is 13.3 Å². The number of halogens is 1. The molecule has 16 heavy (non-hydrogen) atoms. The number of pyridine rings is 1. The van der Waals surface area contributed by atoms with Crippen LogP contribution in [0.25, 0.3) is 0 Å². The van der Waals surface area contributed by atoms with Gasteiger partial charge < -0.3 is 0 Å². The highest BCUT2D eigenvalue weighted by molar-refractivity contribution is 9.10. The van der Waals surface area contributed by atoms with Gasteiger partial charge >= 0.3 is 0 Å². The van der Waals surface area contributed by atoms with Crippen LogP contribution in [0.2, 0.25) is 0 Å². The summed E-state index contributed by atoms with van der Waals surface area (Å²) in [7, 11) is 0. The van der Waals surface area contributed by atoms with Crippen molar-refractivity contribution in [2.45, 2.75) is 32.7 Å². The van der Waals surface area contributed by atoms with Crippen molar-refractivity contribution in [3.63, 3.8) is 0 Å². The van der Waals surface area contributed by atoms with Crippen molar-refractivity contribution < 1.29 is 0 Å². The summed E-state index contributed by atoms with van der Waals surface area (Å²) in [5.74, 6) is 0.897. The number of aromatic nitrogens is 1. The quantitative estimate of drug-likeness (QED) is 0.844. The summed E-state index contributed by atoms with van der Waals surface area (Å²) in [6.45, 7) is 5.84. The van der Waals surface area contributed by atoms with Gasteiger partial charge in [0.15, 0.2) is 0 Å². The Labute approximate surface area is 106 Å². The lowest BCUT2D eigenvalue weighted by Gasteiger charge is -2.32. The second-order valence-electron chi connectivity index (χ2n) is 4.66. The van der Waals surface area contributed by atoms with E-state index in [-0.39, 0.29) is 0 Å². The largest absolute Gasteiger partial charge is 0.299 e. The van der Waals surface area contributed by atoms with Crippen LogP contribution in [-0.4, -0.2) is 23.0 Å². The second-order valence-corrected chi connectivity index (χ2v) is 5.58. The van der Waals surface area contributed by atoms with Gasteiger partial charge in [0.2, 0.25) is 0 Å². The van der Waals surface area contributed by atoms with E-state index >= 15 is 0 Å². The molecule has 1 aromatic heterocycles. The Morgan fingerprint density at radius 1 is 1.50 bits per heavy atom. The molecule has 88 valence electrons. The molecule has 0 saturated carbocycles. The van der Waals surface area contributed by atoms with Crippen molar-refractivity contribution in [1.29, 1.82) is 0 Å². The summed E-state index contributed by atoms with van der Waals surface area (Å²) in [6.07, 6.45) is 7.88. The van der Waals surface area contributed by atoms with E-state index in [0.717, 1.165) is 16.9 Å². The highest BCUT2D eigenvalue weighted by Crippen LogP contribution is 2.21. The first-order valence-electron chi connectivity index (χ1n) is 6.09. The molecule has 1 aromatic rings. The summed E-state index contributed by atoms with van der Waals surface area (Å²) < 4.78 is 1.08. The monoisotopic (exact) mass is 282 g/mol. The maximum atomic E-state index is 4.22. The van der Waals surface area contributed by atoms with Crippen LogP contribution >= 0.6 is 15.9 Å². The Balaban J connectivity index is 1.94. The molecule has 1 unspecified atom stereocenters. The first kappa shape index (κ1) is 12.1. The van der Waals surface area contributed by atoms with Crippen molar-refractivity contribution in [2.75, 3.05) is 13.1 Å². The van der Waals surface area contributed by atoms with Gasteiger partial charge in [0, 0.05) is 30.0 Å². The minimum absolute atomic E-state index is 0.897. The van der Waals surface area contributed by atoms with Gasteiger partial charge in [-0.15, -0.1) is 0 Å². The van der Waals surface area contributed by atoms with Crippen LogP contribution < -0.4 is 0 Å². The lowest BCUT2D eigenvalue weighted by atomic mass is 9.95. The van der Waals surface area contributed by atoms with Crippen molar-refractivity contribution in [2.24, 2.45) is 5.92 Å². The van der Waals surface area contributed by atoms with Gasteiger partial charge in [0.25, 0.3) is 0 Å². The van der Waals surface area contributed by atoms with Gasteiger partial charge in [-0.2, -0.15) is 0 Å². The van der Waals surface area contributed by atoms with Crippen LogP contribution in [0.4, 0.5) is 0 Å². The lowest BCUT2D eigenvalue weighted by Crippen LogP contribution is -2.34. The zero-order valence-corrected chi connectivity index (χ0v) is 11.4. The number of piperidine rings is 1. The predicted molar refractivity (Wildman–Crippen MR) is 70.2 cm³/mol. The molecule has 2 nitrogen and oxygen atoms in total. The van der Waals surface area contributed by atoms with Crippen LogP contribution in [0.3, 0.4) is 0 Å². The van der Waals surface area contributed by atoms with Crippen molar-refractivity contribution >= 4 is 15.9 Å². The molecule has 1 aliphatic rings. The summed E-state index contributed by atoms with van der Waals surface area (Å²) in [6, 6.07) is 2.17. The average Bonchev–Trinajstić information content (AvgIpc) is 2.29. The fourth-order valence-corrected chi connectivity index (χ4v) is 2.84. The summed E-state index contributed by atoms with van der Waals surface area (Å²) in [4.78, 5) is 6.77. The van der Waals surface area contributed by atoms with Gasteiger partial charge in [-0.05, 0) is 52.9 Å². The first-order valence-corrected chi connectivity index (χ1v) is 6.89. The minimum Gasteiger partial charge on any atom is -0.299 e. The third-order valence-electron chi connectivity index (χ3n) is 3.35. The van der Waals surface area contributed by atoms with Gasteiger partial charge in [-0.25, -0.2) is 0 Å². The molecule has 0 amide bonds. The SMILES string of the molecule is CCC1CCCN(Cc2cncc(Br)c2)C1. The fraction of sp³-hybridized carbons (Fsp3) is 0.615. The van der Waals surface area contributed by atoms with E-state index in [9.17, 15) is 0 Å². The third-order valence-corrected chi connectivity index (χ3v) is 3.78. The van der Waals surface area contributed by atoms with Crippen LogP contribution in [0.15, 0.2) is 22.9 Å². The zero-order chi connectivity index (χ0) is 11.4. The molecule has 0 bridgehead atoms. The highest BCUT2D eigenvalue weighted by atomic mass is 79.9. The molecule has 0 aromatic carbocycles. The molecule has 1 fully saturated rings. The molecule has 1 saturated heterocycles. The molecule has 2 heterocycles. The van der Waals surface area contributed by atoms with Crippen molar-refractivity contribution in [3.05, 3.63) is 28.5 Å². The van der Waals surface area contributed by atoms with E-state index in [1.807, 2.05) is 12.4 Å². The summed E-state index contributed by atoms with van der Waals surface area (Å²) in [5, 5.41) is 0. The fourth-order valence-electron chi connectivity index (χ4n) is 2.43. The number of hydrogen-bond donors (Lipinski definition) is 0. The average molecular weight is 283 g/mol. The molecule has 1 atom stereocenters. The van der Waals surface area contributed by atoms with Crippen molar-refractivity contribution in [1.82, 2.24) is 9.88 Å². The predicted octanol–water partition coefficient (Wildman–Crippen LogP) is 3.47. The Hall–Kier alpha value is -0.410. The molecular formula is C13H19BrN2. The molecular weight excluding hydrogens is 264 g/mol. The van der Waals surface area contributed by atoms with Crippen molar-refractivity contribution in [3.8, 4) is 0 Å². The molecule has 3 heteroatoms. The number of rotatable bonds is 3. The van der Waals surface area contributed by atoms with E-state index < -0.39 is 0 Å².